The lowest BCUT2D eigenvalue weighted by atomic mass is 10.1. The van der Waals surface area contributed by atoms with E-state index >= 15 is 0 Å². The number of unbranched alkanes of at least 4 members (excludes halogenated alkanes) is 8. The molecule has 0 spiro atoms. The van der Waals surface area contributed by atoms with Crippen LogP contribution in [0.4, 0.5) is 0 Å². The molecule has 0 atom stereocenters. The van der Waals surface area contributed by atoms with E-state index in [0.29, 0.717) is 0 Å². The fourth-order valence-corrected chi connectivity index (χ4v) is 4.42. The minimum Gasteiger partial charge on any atom is -0.494 e. The third kappa shape index (κ3) is 6.22. The number of fused-ring (bicyclic) bond motifs is 1. The molecule has 3 heterocycles. The molecule has 3 aromatic heterocycles. The number of ether oxygens (including phenoxy) is 1. The molecule has 174 valence electrons. The van der Waals surface area contributed by atoms with Crippen molar-refractivity contribution in [2.45, 2.75) is 64.7 Å². The second-order valence-electron chi connectivity index (χ2n) is 8.92. The van der Waals surface area contributed by atoms with Crippen LogP contribution < -0.4 is 15.4 Å². The third-order valence-electron chi connectivity index (χ3n) is 6.30. The molecule has 0 aliphatic rings. The van der Waals surface area contributed by atoms with Crippen LogP contribution in [0.3, 0.4) is 0 Å². The highest BCUT2D eigenvalue weighted by molar-refractivity contribution is 5.85. The molecule has 0 saturated heterocycles. The van der Waals surface area contributed by atoms with Crippen LogP contribution in [-0.2, 0) is 0 Å². The second kappa shape index (κ2) is 11.6. The molecule has 0 aliphatic heterocycles. The van der Waals surface area contributed by atoms with E-state index in [2.05, 4.69) is 76.5 Å². The van der Waals surface area contributed by atoms with Crippen LogP contribution in [-0.4, -0.2) is 22.1 Å². The van der Waals surface area contributed by atoms with Crippen molar-refractivity contribution in [2.75, 3.05) is 7.11 Å². The zero-order chi connectivity index (χ0) is 22.9. The van der Waals surface area contributed by atoms with Crippen molar-refractivity contribution < 1.29 is 4.74 Å². The number of nitrogens with one attached hydrogen (secondary N) is 3. The molecule has 0 fully saturated rings. The molecule has 1 aromatic carbocycles. The van der Waals surface area contributed by atoms with Crippen molar-refractivity contribution in [3.8, 4) is 17.1 Å². The first-order valence-corrected chi connectivity index (χ1v) is 12.5. The summed E-state index contributed by atoms with van der Waals surface area (Å²) >= 11 is 0. The molecule has 4 rings (SSSR count). The van der Waals surface area contributed by atoms with Crippen LogP contribution in [0.25, 0.3) is 34.4 Å². The first-order valence-electron chi connectivity index (χ1n) is 12.5. The van der Waals surface area contributed by atoms with E-state index in [0.717, 1.165) is 40.1 Å². The van der Waals surface area contributed by atoms with Crippen molar-refractivity contribution in [1.29, 1.82) is 0 Å². The first-order chi connectivity index (χ1) is 16.3. The van der Waals surface area contributed by atoms with Gasteiger partial charge in [0, 0.05) is 27.7 Å². The lowest BCUT2D eigenvalue weighted by molar-refractivity contribution is 0.414. The number of aromatic amines is 3. The van der Waals surface area contributed by atoms with Gasteiger partial charge in [0.2, 0.25) is 0 Å². The Kier molecular flexibility index (Phi) is 8.13. The van der Waals surface area contributed by atoms with Crippen LogP contribution in [0, 0.1) is 0 Å². The second-order valence-corrected chi connectivity index (χ2v) is 8.92. The number of aromatic nitrogens is 3. The molecule has 33 heavy (non-hydrogen) atoms. The SMILES string of the molecule is CCCCCCCCCCC=c1ccc(=Cc2[nH]c(-c3cc4ccccc4[nH]3)cc2OC)[nH]1. The Bertz CT molecular complexity index is 1220. The number of methoxy groups -OCH3 is 1. The summed E-state index contributed by atoms with van der Waals surface area (Å²) in [4.78, 5) is 10.5. The maximum Gasteiger partial charge on any atom is 0.144 e. The monoisotopic (exact) mass is 443 g/mol. The summed E-state index contributed by atoms with van der Waals surface area (Å²) in [6.45, 7) is 2.27. The molecule has 4 nitrogen and oxygen atoms in total. The molecule has 0 bridgehead atoms. The quantitative estimate of drug-likeness (QED) is 0.211. The number of para-hydroxylation sites is 1. The predicted molar refractivity (Wildman–Crippen MR) is 140 cm³/mol. The highest BCUT2D eigenvalue weighted by atomic mass is 16.5. The Hall–Kier alpha value is -3.14. The Morgan fingerprint density at radius 3 is 2.27 bits per heavy atom. The van der Waals surface area contributed by atoms with Gasteiger partial charge in [-0.1, -0.05) is 76.1 Å². The standard InChI is InChI=1S/C29H37N3O/c1-3-4-5-6-7-8-9-10-11-15-23-17-18-24(30-23)20-28-29(33-2)21-27(32-28)26-19-22-14-12-13-16-25(22)31-26/h12-21,30-32H,3-11H2,1-2H3. The lowest BCUT2D eigenvalue weighted by Gasteiger charge is -1.99. The topological polar surface area (TPSA) is 56.6 Å². The van der Waals surface area contributed by atoms with Crippen molar-refractivity contribution in [2.24, 2.45) is 0 Å². The van der Waals surface area contributed by atoms with Gasteiger partial charge in [-0.15, -0.1) is 0 Å². The van der Waals surface area contributed by atoms with Gasteiger partial charge in [0.25, 0.3) is 0 Å². The average molecular weight is 444 g/mol. The van der Waals surface area contributed by atoms with Gasteiger partial charge in [-0.05, 0) is 43.2 Å². The van der Waals surface area contributed by atoms with Crippen molar-refractivity contribution >= 4 is 23.1 Å². The molecule has 3 N–H and O–H groups in total. The van der Waals surface area contributed by atoms with E-state index in [1.165, 1.54) is 62.1 Å². The van der Waals surface area contributed by atoms with Gasteiger partial charge in [0.1, 0.15) is 5.75 Å². The molecule has 0 amide bonds. The maximum atomic E-state index is 5.64. The average Bonchev–Trinajstić information content (AvgIpc) is 3.56. The summed E-state index contributed by atoms with van der Waals surface area (Å²) in [5, 5.41) is 3.46. The Balaban J connectivity index is 1.38. The van der Waals surface area contributed by atoms with Gasteiger partial charge < -0.3 is 19.7 Å². The number of H-pyrrole nitrogens is 3. The lowest BCUT2D eigenvalue weighted by Crippen LogP contribution is -2.09. The highest BCUT2D eigenvalue weighted by Crippen LogP contribution is 2.29. The Morgan fingerprint density at radius 1 is 0.758 bits per heavy atom. The van der Waals surface area contributed by atoms with Crippen molar-refractivity contribution in [3.63, 3.8) is 0 Å². The fraction of sp³-hybridized carbons (Fsp3) is 0.379. The maximum absolute atomic E-state index is 5.64. The van der Waals surface area contributed by atoms with Crippen LogP contribution in [0.2, 0.25) is 0 Å². The Morgan fingerprint density at radius 2 is 1.48 bits per heavy atom. The summed E-state index contributed by atoms with van der Waals surface area (Å²) in [6.07, 6.45) is 16.4. The van der Waals surface area contributed by atoms with Crippen molar-refractivity contribution in [3.05, 3.63) is 64.9 Å². The van der Waals surface area contributed by atoms with Gasteiger partial charge in [0.15, 0.2) is 0 Å². The van der Waals surface area contributed by atoms with Crippen molar-refractivity contribution in [1.82, 2.24) is 15.0 Å². The van der Waals surface area contributed by atoms with E-state index < -0.39 is 0 Å². The van der Waals surface area contributed by atoms with E-state index in [9.17, 15) is 0 Å². The fourth-order valence-electron chi connectivity index (χ4n) is 4.42. The molecular weight excluding hydrogens is 406 g/mol. The first kappa shape index (κ1) is 23.0. The summed E-state index contributed by atoms with van der Waals surface area (Å²) in [6, 6.07) is 16.8. The number of hydrogen-bond donors (Lipinski definition) is 3. The molecule has 0 saturated carbocycles. The van der Waals surface area contributed by atoms with Crippen LogP contribution in [0.1, 0.15) is 70.4 Å². The van der Waals surface area contributed by atoms with E-state index in [1.807, 2.05) is 6.07 Å². The molecule has 0 aliphatic carbocycles. The predicted octanol–water partition coefficient (Wildman–Crippen LogP) is 6.64. The van der Waals surface area contributed by atoms with Crippen LogP contribution in [0.15, 0.2) is 48.5 Å². The molecule has 4 aromatic rings. The summed E-state index contributed by atoms with van der Waals surface area (Å²) < 4.78 is 5.64. The zero-order valence-corrected chi connectivity index (χ0v) is 20.0. The van der Waals surface area contributed by atoms with Gasteiger partial charge in [-0.2, -0.15) is 0 Å². The highest BCUT2D eigenvalue weighted by Gasteiger charge is 2.10. The van der Waals surface area contributed by atoms with Crippen LogP contribution in [0.5, 0.6) is 5.75 Å². The van der Waals surface area contributed by atoms with Gasteiger partial charge in [-0.25, -0.2) is 0 Å². The number of benzene rings is 1. The minimum atomic E-state index is 0.836. The molecule has 0 radical (unpaired) electrons. The smallest absolute Gasteiger partial charge is 0.144 e. The summed E-state index contributed by atoms with van der Waals surface area (Å²) in [5.74, 6) is 0.836. The molecule has 0 unspecified atom stereocenters. The van der Waals surface area contributed by atoms with Gasteiger partial charge in [0.05, 0.1) is 24.2 Å². The normalized spacial score (nSPS) is 12.8. The summed E-state index contributed by atoms with van der Waals surface area (Å²) in [5.41, 5.74) is 4.16. The third-order valence-corrected chi connectivity index (χ3v) is 6.30. The largest absolute Gasteiger partial charge is 0.494 e. The Labute approximate surface area is 196 Å². The number of hydrogen-bond acceptors (Lipinski definition) is 1. The molecule has 4 heteroatoms. The minimum absolute atomic E-state index is 0.836. The van der Waals surface area contributed by atoms with Gasteiger partial charge >= 0.3 is 0 Å². The van der Waals surface area contributed by atoms with E-state index in [-0.39, 0.29) is 0 Å². The number of rotatable bonds is 12. The van der Waals surface area contributed by atoms with Gasteiger partial charge in [-0.3, -0.25) is 0 Å². The summed E-state index contributed by atoms with van der Waals surface area (Å²) in [7, 11) is 1.72. The van der Waals surface area contributed by atoms with Crippen LogP contribution >= 0.6 is 0 Å². The van der Waals surface area contributed by atoms with E-state index in [1.54, 1.807) is 7.11 Å². The van der Waals surface area contributed by atoms with E-state index in [4.69, 9.17) is 4.74 Å². The zero-order valence-electron chi connectivity index (χ0n) is 20.0. The molecular formula is C29H37N3O.